The highest BCUT2D eigenvalue weighted by Gasteiger charge is 2.39. The van der Waals surface area contributed by atoms with E-state index in [9.17, 15) is 4.79 Å². The second-order valence-electron chi connectivity index (χ2n) is 5.90. The van der Waals surface area contributed by atoms with Gasteiger partial charge in [0, 0.05) is 25.9 Å². The summed E-state index contributed by atoms with van der Waals surface area (Å²) in [6.45, 7) is 6.33. The van der Waals surface area contributed by atoms with Gasteiger partial charge in [-0.15, -0.1) is 0 Å². The van der Waals surface area contributed by atoms with Gasteiger partial charge >= 0.3 is 5.97 Å². The summed E-state index contributed by atoms with van der Waals surface area (Å²) in [4.78, 5) is 12.2. The third-order valence-electron chi connectivity index (χ3n) is 3.95. The van der Waals surface area contributed by atoms with Gasteiger partial charge in [-0.1, -0.05) is 0 Å². The third kappa shape index (κ3) is 4.72. The van der Waals surface area contributed by atoms with Crippen LogP contribution in [0.3, 0.4) is 0 Å². The number of ether oxygens (including phenoxy) is 3. The van der Waals surface area contributed by atoms with Gasteiger partial charge in [-0.2, -0.15) is 0 Å². The Hall–Kier alpha value is -0.650. The Kier molecular flexibility index (Phi) is 5.81. The average Bonchev–Trinajstić information content (AvgIpc) is 3.24. The molecule has 1 atom stereocenters. The molecule has 5 heteroatoms. The van der Waals surface area contributed by atoms with E-state index in [0.29, 0.717) is 25.7 Å². The van der Waals surface area contributed by atoms with E-state index in [1.165, 1.54) is 0 Å². The van der Waals surface area contributed by atoms with Crippen LogP contribution in [-0.2, 0) is 19.0 Å². The van der Waals surface area contributed by atoms with Gasteiger partial charge in [0.15, 0.2) is 0 Å². The normalized spacial score (nSPS) is 23.3. The molecule has 2 aliphatic rings. The van der Waals surface area contributed by atoms with E-state index in [2.05, 4.69) is 5.32 Å². The Morgan fingerprint density at radius 1 is 1.30 bits per heavy atom. The fourth-order valence-electron chi connectivity index (χ4n) is 2.47. The van der Waals surface area contributed by atoms with Crippen molar-refractivity contribution in [2.75, 3.05) is 26.4 Å². The first-order valence-corrected chi connectivity index (χ1v) is 7.78. The van der Waals surface area contributed by atoms with Gasteiger partial charge in [0.25, 0.3) is 0 Å². The number of hydrogen-bond donors (Lipinski definition) is 1. The Morgan fingerprint density at radius 2 is 2.00 bits per heavy atom. The van der Waals surface area contributed by atoms with Crippen molar-refractivity contribution in [2.24, 2.45) is 0 Å². The van der Waals surface area contributed by atoms with Gasteiger partial charge in [0.1, 0.15) is 5.54 Å². The van der Waals surface area contributed by atoms with E-state index < -0.39 is 5.54 Å². The lowest BCUT2D eigenvalue weighted by molar-refractivity contribution is -0.152. The van der Waals surface area contributed by atoms with Crippen molar-refractivity contribution < 1.29 is 19.0 Å². The van der Waals surface area contributed by atoms with Crippen LogP contribution in [0.1, 0.15) is 46.0 Å². The predicted octanol–water partition coefficient (Wildman–Crippen LogP) is 1.65. The molecule has 1 heterocycles. The van der Waals surface area contributed by atoms with Crippen LogP contribution in [0, 0.1) is 0 Å². The van der Waals surface area contributed by atoms with Crippen molar-refractivity contribution in [3.05, 3.63) is 0 Å². The second kappa shape index (κ2) is 7.38. The Bertz CT molecular complexity index is 313. The standard InChI is InChI=1S/C15H27NO4/c1-3-19-14(17)15(2,16-12-4-5-12)8-11-20-13-6-9-18-10-7-13/h12-13,16H,3-11H2,1-2H3. The molecule has 0 aromatic heterocycles. The monoisotopic (exact) mass is 285 g/mol. The number of carbonyl (C=O) groups excluding carboxylic acids is 1. The van der Waals surface area contributed by atoms with Gasteiger partial charge < -0.3 is 14.2 Å². The lowest BCUT2D eigenvalue weighted by Crippen LogP contribution is -2.52. The summed E-state index contributed by atoms with van der Waals surface area (Å²) in [7, 11) is 0. The van der Waals surface area contributed by atoms with Crippen LogP contribution in [0.2, 0.25) is 0 Å². The molecule has 20 heavy (non-hydrogen) atoms. The molecule has 0 amide bonds. The van der Waals surface area contributed by atoms with E-state index in [0.717, 1.165) is 38.9 Å². The Morgan fingerprint density at radius 3 is 2.60 bits per heavy atom. The molecule has 5 nitrogen and oxygen atoms in total. The smallest absolute Gasteiger partial charge is 0.326 e. The summed E-state index contributed by atoms with van der Waals surface area (Å²) in [5, 5.41) is 3.41. The maximum Gasteiger partial charge on any atom is 0.326 e. The van der Waals surface area contributed by atoms with Crippen LogP contribution in [0.15, 0.2) is 0 Å². The summed E-state index contributed by atoms with van der Waals surface area (Å²) >= 11 is 0. The average molecular weight is 285 g/mol. The van der Waals surface area contributed by atoms with Crippen molar-refractivity contribution in [3.8, 4) is 0 Å². The highest BCUT2D eigenvalue weighted by atomic mass is 16.5. The summed E-state index contributed by atoms with van der Waals surface area (Å²) in [5.74, 6) is -0.164. The van der Waals surface area contributed by atoms with Crippen molar-refractivity contribution >= 4 is 5.97 Å². The zero-order chi connectivity index (χ0) is 14.4. The molecule has 2 fully saturated rings. The van der Waals surface area contributed by atoms with Gasteiger partial charge in [0.05, 0.1) is 12.7 Å². The number of hydrogen-bond acceptors (Lipinski definition) is 5. The highest BCUT2D eigenvalue weighted by molar-refractivity contribution is 5.80. The van der Waals surface area contributed by atoms with E-state index in [-0.39, 0.29) is 12.1 Å². The molecule has 116 valence electrons. The lowest BCUT2D eigenvalue weighted by atomic mass is 9.98. The SMILES string of the molecule is CCOC(=O)C(C)(CCOC1CCOCC1)NC1CC1. The van der Waals surface area contributed by atoms with E-state index in [1.807, 2.05) is 13.8 Å². The molecule has 1 unspecified atom stereocenters. The Labute approximate surface area is 121 Å². The first-order valence-electron chi connectivity index (χ1n) is 7.78. The molecule has 1 aliphatic carbocycles. The first kappa shape index (κ1) is 15.7. The van der Waals surface area contributed by atoms with E-state index in [4.69, 9.17) is 14.2 Å². The van der Waals surface area contributed by atoms with Crippen molar-refractivity contribution in [2.45, 2.75) is 63.6 Å². The molecule has 0 spiro atoms. The molecule has 0 bridgehead atoms. The van der Waals surface area contributed by atoms with Crippen molar-refractivity contribution in [1.29, 1.82) is 0 Å². The lowest BCUT2D eigenvalue weighted by Gasteiger charge is -2.30. The summed E-state index contributed by atoms with van der Waals surface area (Å²) in [6, 6.07) is 0.465. The molecular weight excluding hydrogens is 258 g/mol. The van der Waals surface area contributed by atoms with Gasteiger partial charge in [-0.3, -0.25) is 10.1 Å². The summed E-state index contributed by atoms with van der Waals surface area (Å²) in [5.41, 5.74) is -0.623. The van der Waals surface area contributed by atoms with E-state index in [1.54, 1.807) is 0 Å². The number of rotatable bonds is 8. The predicted molar refractivity (Wildman–Crippen MR) is 75.6 cm³/mol. The van der Waals surface area contributed by atoms with Crippen LogP contribution in [-0.4, -0.2) is 50.1 Å². The van der Waals surface area contributed by atoms with Crippen LogP contribution in [0.5, 0.6) is 0 Å². The number of esters is 1. The van der Waals surface area contributed by atoms with Crippen LogP contribution >= 0.6 is 0 Å². The van der Waals surface area contributed by atoms with Crippen molar-refractivity contribution in [3.63, 3.8) is 0 Å². The van der Waals surface area contributed by atoms with E-state index >= 15 is 0 Å². The zero-order valence-corrected chi connectivity index (χ0v) is 12.7. The summed E-state index contributed by atoms with van der Waals surface area (Å²) in [6.07, 6.45) is 5.13. The number of carbonyl (C=O) groups is 1. The molecule has 1 aliphatic heterocycles. The fourth-order valence-corrected chi connectivity index (χ4v) is 2.47. The zero-order valence-electron chi connectivity index (χ0n) is 12.7. The molecule has 1 saturated heterocycles. The van der Waals surface area contributed by atoms with Gasteiger partial charge in [-0.25, -0.2) is 0 Å². The minimum atomic E-state index is -0.623. The quantitative estimate of drug-likeness (QED) is 0.687. The maximum absolute atomic E-state index is 12.2. The maximum atomic E-state index is 12.2. The minimum absolute atomic E-state index is 0.164. The first-order chi connectivity index (χ1) is 9.64. The molecular formula is C15H27NO4. The molecule has 1 N–H and O–H groups in total. The highest BCUT2D eigenvalue weighted by Crippen LogP contribution is 2.25. The fraction of sp³-hybridized carbons (Fsp3) is 0.933. The van der Waals surface area contributed by atoms with Crippen LogP contribution < -0.4 is 5.32 Å². The molecule has 0 radical (unpaired) electrons. The van der Waals surface area contributed by atoms with Crippen LogP contribution in [0.25, 0.3) is 0 Å². The minimum Gasteiger partial charge on any atom is -0.465 e. The van der Waals surface area contributed by atoms with Crippen LogP contribution in [0.4, 0.5) is 0 Å². The third-order valence-corrected chi connectivity index (χ3v) is 3.95. The topological polar surface area (TPSA) is 56.8 Å². The molecule has 1 saturated carbocycles. The molecule has 0 aromatic rings. The second-order valence-corrected chi connectivity index (χ2v) is 5.90. The molecule has 0 aromatic carbocycles. The van der Waals surface area contributed by atoms with Gasteiger partial charge in [-0.05, 0) is 46.0 Å². The largest absolute Gasteiger partial charge is 0.465 e. The summed E-state index contributed by atoms with van der Waals surface area (Å²) < 4.78 is 16.4. The van der Waals surface area contributed by atoms with Gasteiger partial charge in [0.2, 0.25) is 0 Å². The number of nitrogens with one attached hydrogen (secondary N) is 1. The Balaban J connectivity index is 1.78. The van der Waals surface area contributed by atoms with Crippen molar-refractivity contribution in [1.82, 2.24) is 5.32 Å². The molecule has 2 rings (SSSR count).